The number of benzene rings is 3. The van der Waals surface area contributed by atoms with Crippen molar-refractivity contribution in [2.75, 3.05) is 38.2 Å². The molecule has 6 aromatic rings. The Morgan fingerprint density at radius 2 is 1.70 bits per heavy atom. The van der Waals surface area contributed by atoms with Gasteiger partial charge in [-0.2, -0.15) is 5.10 Å². The minimum absolute atomic E-state index is 0.0938. The second-order valence-corrected chi connectivity index (χ2v) is 17.1. The minimum atomic E-state index is -0.924. The number of aromatic carboxylic acids is 1. The highest BCUT2D eigenvalue weighted by atomic mass is 35.5. The van der Waals surface area contributed by atoms with Crippen LogP contribution in [0.4, 0.5) is 5.69 Å². The maximum atomic E-state index is 12.0. The van der Waals surface area contributed by atoms with Gasteiger partial charge in [0.1, 0.15) is 5.75 Å². The number of hydrogen-bond acceptors (Lipinski definition) is 5. The molecule has 0 amide bonds. The zero-order chi connectivity index (χ0) is 39.6. The Hall–Kier alpha value is -4.44. The molecule has 294 valence electrons. The summed E-state index contributed by atoms with van der Waals surface area (Å²) in [6, 6.07) is 13.8. The predicted octanol–water partition coefficient (Wildman–Crippen LogP) is 10.2. The molecule has 0 aliphatic carbocycles. The van der Waals surface area contributed by atoms with E-state index < -0.39 is 5.97 Å². The standard InChI is InChI=1S/C45H52Cl2N6O3/c1-26-19-33(20-27(2)43(26)47)56-18-8-9-34-35-11-12-37(46)42(41-29(4)48-52(30(41)5)23-31-14-16-49(6)17-15-31)44(35)53-28(3)22-51(25-40(34)53)39-24-50(7)38-13-10-32(45(54)55)21-36(38)39/h10-13,19-21,24,28,31H,8-9,14-18,22-23,25H2,1-7H3,(H,54,55)/t28-/m1/s1. The second-order valence-electron chi connectivity index (χ2n) is 16.3. The first-order chi connectivity index (χ1) is 26.8. The SMILES string of the molecule is Cc1cc(OCCCc2c3n(c4c(-c5c(C)nn(CC6CCN(C)CC6)c5C)c(Cl)ccc24)[C@H](C)CN(c2cn(C)c4ccc(C(=O)O)cc24)C3)cc(C)c1Cl. The van der Waals surface area contributed by atoms with E-state index in [-0.39, 0.29) is 11.6 Å². The quantitative estimate of drug-likeness (QED) is 0.139. The van der Waals surface area contributed by atoms with E-state index in [1.807, 2.05) is 45.2 Å². The van der Waals surface area contributed by atoms with Gasteiger partial charge in [0.05, 0.1) is 40.6 Å². The van der Waals surface area contributed by atoms with E-state index in [4.69, 9.17) is 33.0 Å². The number of fused-ring (bicyclic) bond motifs is 4. The molecule has 5 heterocycles. The van der Waals surface area contributed by atoms with Gasteiger partial charge in [0, 0.05) is 76.2 Å². The van der Waals surface area contributed by atoms with Crippen molar-refractivity contribution in [2.24, 2.45) is 13.0 Å². The summed E-state index contributed by atoms with van der Waals surface area (Å²) in [5.74, 6) is 0.513. The molecule has 1 atom stereocenters. The van der Waals surface area contributed by atoms with Crippen LogP contribution in [0.15, 0.2) is 48.7 Å². The molecular formula is C45H52Cl2N6O3. The molecule has 0 radical (unpaired) electrons. The highest BCUT2D eigenvalue weighted by molar-refractivity contribution is 6.35. The van der Waals surface area contributed by atoms with Crippen LogP contribution in [0.1, 0.15) is 76.4 Å². The van der Waals surface area contributed by atoms with E-state index in [9.17, 15) is 9.90 Å². The molecule has 9 nitrogen and oxygen atoms in total. The summed E-state index contributed by atoms with van der Waals surface area (Å²) in [7, 11) is 4.23. The molecule has 0 unspecified atom stereocenters. The molecule has 0 saturated carbocycles. The molecule has 2 aliphatic heterocycles. The van der Waals surface area contributed by atoms with E-state index in [1.165, 1.54) is 29.5 Å². The summed E-state index contributed by atoms with van der Waals surface area (Å²) < 4.78 is 13.2. The van der Waals surface area contributed by atoms with Gasteiger partial charge in [-0.25, -0.2) is 4.79 Å². The maximum absolute atomic E-state index is 12.0. The van der Waals surface area contributed by atoms with Gasteiger partial charge < -0.3 is 28.8 Å². The van der Waals surface area contributed by atoms with Crippen molar-refractivity contribution in [3.8, 4) is 16.9 Å². The number of carboxylic acid groups (broad SMARTS) is 1. The molecule has 8 rings (SSSR count). The van der Waals surface area contributed by atoms with Gasteiger partial charge in [0.25, 0.3) is 0 Å². The van der Waals surface area contributed by atoms with Crippen LogP contribution in [0.2, 0.25) is 10.0 Å². The molecule has 3 aromatic carbocycles. The molecule has 1 saturated heterocycles. The van der Waals surface area contributed by atoms with Crippen molar-refractivity contribution in [3.63, 3.8) is 0 Å². The van der Waals surface area contributed by atoms with Crippen LogP contribution in [0.3, 0.4) is 0 Å². The highest BCUT2D eigenvalue weighted by Crippen LogP contribution is 2.46. The molecule has 0 spiro atoms. The van der Waals surface area contributed by atoms with Crippen LogP contribution < -0.4 is 9.64 Å². The van der Waals surface area contributed by atoms with Gasteiger partial charge in [0.15, 0.2) is 0 Å². The summed E-state index contributed by atoms with van der Waals surface area (Å²) in [6.45, 7) is 15.8. The average Bonchev–Trinajstić information content (AvgIpc) is 3.77. The molecule has 2 aliphatic rings. The Labute approximate surface area is 339 Å². The second kappa shape index (κ2) is 15.1. The van der Waals surface area contributed by atoms with Crippen molar-refractivity contribution < 1.29 is 14.6 Å². The molecule has 1 fully saturated rings. The lowest BCUT2D eigenvalue weighted by molar-refractivity contribution is 0.0697. The van der Waals surface area contributed by atoms with Crippen LogP contribution in [-0.2, 0) is 26.6 Å². The van der Waals surface area contributed by atoms with E-state index in [1.54, 1.807) is 6.07 Å². The number of carbonyl (C=O) groups is 1. The Bertz CT molecular complexity index is 2460. The van der Waals surface area contributed by atoms with Crippen LogP contribution in [-0.4, -0.2) is 68.2 Å². The number of nitrogens with zero attached hydrogens (tertiary/aromatic N) is 6. The first kappa shape index (κ1) is 38.4. The Morgan fingerprint density at radius 3 is 2.41 bits per heavy atom. The summed E-state index contributed by atoms with van der Waals surface area (Å²) in [4.78, 5) is 16.9. The van der Waals surface area contributed by atoms with Crippen molar-refractivity contribution in [3.05, 3.63) is 98.0 Å². The lowest BCUT2D eigenvalue weighted by Crippen LogP contribution is -2.36. The number of piperidine rings is 1. The van der Waals surface area contributed by atoms with Gasteiger partial charge in [0.2, 0.25) is 0 Å². The van der Waals surface area contributed by atoms with E-state index in [2.05, 4.69) is 69.8 Å². The normalized spacial score (nSPS) is 16.7. The third kappa shape index (κ3) is 6.86. The summed E-state index contributed by atoms with van der Waals surface area (Å²) in [6.07, 6.45) is 6.14. The predicted molar refractivity (Wildman–Crippen MR) is 228 cm³/mol. The number of halogens is 2. The summed E-state index contributed by atoms with van der Waals surface area (Å²) >= 11 is 13.8. The fraction of sp³-hybridized carbons (Fsp3) is 0.422. The Morgan fingerprint density at radius 1 is 0.964 bits per heavy atom. The lowest BCUT2D eigenvalue weighted by Gasteiger charge is -2.36. The monoisotopic (exact) mass is 794 g/mol. The van der Waals surface area contributed by atoms with Gasteiger partial charge in [-0.1, -0.05) is 29.3 Å². The molecular weight excluding hydrogens is 743 g/mol. The summed E-state index contributed by atoms with van der Waals surface area (Å²) in [5, 5.41) is 18.7. The highest BCUT2D eigenvalue weighted by Gasteiger charge is 2.33. The van der Waals surface area contributed by atoms with Crippen molar-refractivity contribution >= 4 is 56.7 Å². The molecule has 11 heteroatoms. The fourth-order valence-corrected chi connectivity index (χ4v) is 9.77. The number of aryl methyl sites for hydroxylation is 5. The first-order valence-electron chi connectivity index (χ1n) is 19.8. The zero-order valence-corrected chi connectivity index (χ0v) is 35.1. The molecule has 3 aromatic heterocycles. The van der Waals surface area contributed by atoms with Crippen LogP contribution >= 0.6 is 23.2 Å². The molecule has 0 bridgehead atoms. The van der Waals surface area contributed by atoms with Crippen molar-refractivity contribution in [1.29, 1.82) is 0 Å². The van der Waals surface area contributed by atoms with Gasteiger partial charge in [-0.15, -0.1) is 0 Å². The van der Waals surface area contributed by atoms with Crippen molar-refractivity contribution in [1.82, 2.24) is 23.8 Å². The van der Waals surface area contributed by atoms with E-state index in [0.29, 0.717) is 19.1 Å². The third-order valence-corrected chi connectivity index (χ3v) is 13.2. The number of ether oxygens (including phenoxy) is 1. The van der Waals surface area contributed by atoms with Crippen LogP contribution in [0, 0.1) is 33.6 Å². The van der Waals surface area contributed by atoms with Crippen molar-refractivity contribution in [2.45, 2.75) is 79.4 Å². The largest absolute Gasteiger partial charge is 0.494 e. The Balaban J connectivity index is 1.22. The zero-order valence-electron chi connectivity index (χ0n) is 33.5. The maximum Gasteiger partial charge on any atom is 0.335 e. The average molecular weight is 796 g/mol. The summed E-state index contributed by atoms with van der Waals surface area (Å²) in [5.41, 5.74) is 12.4. The van der Waals surface area contributed by atoms with E-state index >= 15 is 0 Å². The van der Waals surface area contributed by atoms with Crippen LogP contribution in [0.25, 0.3) is 32.9 Å². The number of aromatic nitrogens is 4. The number of rotatable bonds is 10. The topological polar surface area (TPSA) is 80.7 Å². The first-order valence-corrected chi connectivity index (χ1v) is 20.6. The number of hydrogen-bond donors (Lipinski definition) is 1. The molecule has 1 N–H and O–H groups in total. The smallest absolute Gasteiger partial charge is 0.335 e. The van der Waals surface area contributed by atoms with Gasteiger partial charge >= 0.3 is 5.97 Å². The number of likely N-dealkylation sites (tertiary alicyclic amines) is 1. The lowest BCUT2D eigenvalue weighted by atomic mass is 9.96. The van der Waals surface area contributed by atoms with Crippen LogP contribution in [0.5, 0.6) is 5.75 Å². The van der Waals surface area contributed by atoms with E-state index in [0.717, 1.165) is 111 Å². The van der Waals surface area contributed by atoms with Gasteiger partial charge in [-0.05, 0) is 139 Å². The Kier molecular flexibility index (Phi) is 10.4. The minimum Gasteiger partial charge on any atom is -0.494 e. The third-order valence-electron chi connectivity index (χ3n) is 12.3. The molecule has 56 heavy (non-hydrogen) atoms. The number of anilines is 1. The number of carboxylic acids is 1. The fourth-order valence-electron chi connectivity index (χ4n) is 9.41. The van der Waals surface area contributed by atoms with Gasteiger partial charge in [-0.3, -0.25) is 4.68 Å².